The predicted molar refractivity (Wildman–Crippen MR) is 76.0 cm³/mol. The van der Waals surface area contributed by atoms with E-state index in [-0.39, 0.29) is 11.6 Å². The molecule has 1 aliphatic carbocycles. The van der Waals surface area contributed by atoms with Gasteiger partial charge in [0.2, 0.25) is 5.91 Å². The molecule has 1 aliphatic heterocycles. The maximum atomic E-state index is 12.8. The highest BCUT2D eigenvalue weighted by molar-refractivity contribution is 7.81. The van der Waals surface area contributed by atoms with Gasteiger partial charge in [0.1, 0.15) is 11.0 Å². The fraction of sp³-hybridized carbons (Fsp3) is 0.500. The summed E-state index contributed by atoms with van der Waals surface area (Å²) in [6, 6.07) is 4.84. The molecular formula is C14H15F3N2OS. The van der Waals surface area contributed by atoms with Crippen molar-refractivity contribution in [3.05, 3.63) is 29.8 Å². The van der Waals surface area contributed by atoms with Crippen LogP contribution in [-0.2, 0) is 11.0 Å². The number of rotatable bonds is 1. The monoisotopic (exact) mass is 316 g/mol. The normalized spacial score (nSPS) is 25.5. The minimum absolute atomic E-state index is 0.157. The Labute approximate surface area is 126 Å². The van der Waals surface area contributed by atoms with Crippen molar-refractivity contribution in [3.8, 4) is 0 Å². The van der Waals surface area contributed by atoms with E-state index >= 15 is 0 Å². The van der Waals surface area contributed by atoms with Crippen molar-refractivity contribution in [3.63, 3.8) is 0 Å². The van der Waals surface area contributed by atoms with Crippen LogP contribution in [-0.4, -0.2) is 28.9 Å². The molecule has 1 heterocycles. The van der Waals surface area contributed by atoms with Crippen LogP contribution in [0, 0.1) is 0 Å². The van der Waals surface area contributed by atoms with Gasteiger partial charge in [0.05, 0.1) is 5.56 Å². The molecule has 1 aromatic rings. The predicted octanol–water partition coefficient (Wildman–Crippen LogP) is 3.12. The molecule has 2 fully saturated rings. The van der Waals surface area contributed by atoms with E-state index in [0.717, 1.165) is 31.4 Å². The number of halogens is 3. The quantitative estimate of drug-likeness (QED) is 0.805. The second-order valence-corrected chi connectivity index (χ2v) is 6.03. The molecule has 1 unspecified atom stereocenters. The van der Waals surface area contributed by atoms with Gasteiger partial charge in [0, 0.05) is 5.69 Å². The van der Waals surface area contributed by atoms with Crippen LogP contribution in [0.5, 0.6) is 0 Å². The Balaban J connectivity index is 1.99. The number of amides is 1. The Hall–Kier alpha value is -1.21. The smallest absolute Gasteiger partial charge is 0.285 e. The third-order valence-electron chi connectivity index (χ3n) is 4.50. The first-order chi connectivity index (χ1) is 9.77. The molecule has 3 rings (SSSR count). The summed E-state index contributed by atoms with van der Waals surface area (Å²) in [7, 11) is 1.79. The fourth-order valence-electron chi connectivity index (χ4n) is 3.04. The molecular weight excluding hydrogens is 301 g/mol. The van der Waals surface area contributed by atoms with Gasteiger partial charge in [0.15, 0.2) is 0 Å². The maximum Gasteiger partial charge on any atom is 0.416 e. The number of nitrogens with zero attached hydrogens (tertiary/aromatic N) is 2. The number of thiol groups is 1. The fourth-order valence-corrected chi connectivity index (χ4v) is 3.49. The molecule has 1 saturated heterocycles. The van der Waals surface area contributed by atoms with E-state index in [2.05, 4.69) is 12.6 Å². The summed E-state index contributed by atoms with van der Waals surface area (Å²) in [5.41, 5.74) is -1.64. The largest absolute Gasteiger partial charge is 0.416 e. The number of likely N-dealkylation sites (N-methyl/N-ethyl adjacent to an activating group) is 1. The Morgan fingerprint density at radius 3 is 2.48 bits per heavy atom. The van der Waals surface area contributed by atoms with Gasteiger partial charge < -0.3 is 0 Å². The Kier molecular flexibility index (Phi) is 3.25. The van der Waals surface area contributed by atoms with E-state index in [4.69, 9.17) is 0 Å². The van der Waals surface area contributed by atoms with Gasteiger partial charge in [-0.25, -0.2) is 0 Å². The lowest BCUT2D eigenvalue weighted by molar-refractivity contribution is -0.137. The molecule has 3 nitrogen and oxygen atoms in total. The van der Waals surface area contributed by atoms with E-state index in [1.807, 2.05) is 4.90 Å². The van der Waals surface area contributed by atoms with E-state index in [9.17, 15) is 18.0 Å². The third-order valence-corrected chi connectivity index (χ3v) is 5.08. The molecule has 7 heteroatoms. The van der Waals surface area contributed by atoms with Gasteiger partial charge in [-0.3, -0.25) is 14.6 Å². The van der Waals surface area contributed by atoms with E-state index in [0.29, 0.717) is 0 Å². The van der Waals surface area contributed by atoms with Gasteiger partial charge in [0.25, 0.3) is 0 Å². The van der Waals surface area contributed by atoms with Crippen molar-refractivity contribution in [2.75, 3.05) is 11.9 Å². The number of carbonyl (C=O) groups is 1. The van der Waals surface area contributed by atoms with Crippen molar-refractivity contribution in [1.82, 2.24) is 4.90 Å². The summed E-state index contributed by atoms with van der Waals surface area (Å²) < 4.78 is 38.5. The SMILES string of the molecule is CN1C(S)N(c2cccc(C(F)(F)F)c2)C(=O)C12CCC2. The Bertz CT molecular complexity index is 586. The summed E-state index contributed by atoms with van der Waals surface area (Å²) in [5, 5.41) is 0. The highest BCUT2D eigenvalue weighted by atomic mass is 32.1. The standard InChI is InChI=1S/C14H15F3N2OS/c1-18-12(21)19(11(20)13(18)6-3-7-13)10-5-2-4-9(8-10)14(15,16)17/h2,4-5,8,12,21H,3,6-7H2,1H3. The van der Waals surface area contributed by atoms with Crippen LogP contribution in [0.25, 0.3) is 0 Å². The molecule has 21 heavy (non-hydrogen) atoms. The van der Waals surface area contributed by atoms with Crippen molar-refractivity contribution in [2.24, 2.45) is 0 Å². The van der Waals surface area contributed by atoms with Crippen LogP contribution in [0.4, 0.5) is 18.9 Å². The molecule has 0 bridgehead atoms. The number of alkyl halides is 3. The third kappa shape index (κ3) is 2.05. The number of anilines is 1. The molecule has 0 aromatic heterocycles. The average molecular weight is 316 g/mol. The zero-order chi connectivity index (χ0) is 15.4. The van der Waals surface area contributed by atoms with Crippen molar-refractivity contribution in [1.29, 1.82) is 0 Å². The summed E-state index contributed by atoms with van der Waals surface area (Å²) in [6.45, 7) is 0. The Morgan fingerprint density at radius 1 is 1.33 bits per heavy atom. The number of hydrogen-bond acceptors (Lipinski definition) is 3. The molecule has 114 valence electrons. The minimum atomic E-state index is -4.43. The summed E-state index contributed by atoms with van der Waals surface area (Å²) in [6.07, 6.45) is -2.01. The summed E-state index contributed by atoms with van der Waals surface area (Å²) in [4.78, 5) is 15.9. The van der Waals surface area contributed by atoms with Crippen molar-refractivity contribution < 1.29 is 18.0 Å². The number of carbonyl (C=O) groups excluding carboxylic acids is 1. The minimum Gasteiger partial charge on any atom is -0.285 e. The second kappa shape index (κ2) is 4.64. The van der Waals surface area contributed by atoms with Crippen LogP contribution < -0.4 is 4.90 Å². The lowest BCUT2D eigenvalue weighted by Crippen LogP contribution is -2.53. The van der Waals surface area contributed by atoms with Gasteiger partial charge in [-0.15, -0.1) is 12.6 Å². The first-order valence-corrected chi connectivity index (χ1v) is 7.21. The highest BCUT2D eigenvalue weighted by Gasteiger charge is 2.58. The molecule has 0 radical (unpaired) electrons. The molecule has 1 atom stereocenters. The van der Waals surface area contributed by atoms with Gasteiger partial charge in [-0.05, 0) is 44.5 Å². The average Bonchev–Trinajstić information content (AvgIpc) is 2.56. The summed E-state index contributed by atoms with van der Waals surface area (Å²) in [5.74, 6) is -0.157. The Morgan fingerprint density at radius 2 is 2.00 bits per heavy atom. The van der Waals surface area contributed by atoms with Crippen molar-refractivity contribution >= 4 is 24.2 Å². The maximum absolute atomic E-state index is 12.8. The lowest BCUT2D eigenvalue weighted by atomic mass is 9.76. The van der Waals surface area contributed by atoms with Crippen molar-refractivity contribution in [2.45, 2.75) is 36.5 Å². The van der Waals surface area contributed by atoms with Crippen LogP contribution >= 0.6 is 12.6 Å². The van der Waals surface area contributed by atoms with Gasteiger partial charge in [-0.2, -0.15) is 13.2 Å². The van der Waals surface area contributed by atoms with E-state index < -0.39 is 22.8 Å². The van der Waals surface area contributed by atoms with Crippen LogP contribution in [0.3, 0.4) is 0 Å². The molecule has 1 spiro atoms. The van der Waals surface area contributed by atoms with Gasteiger partial charge in [-0.1, -0.05) is 6.07 Å². The zero-order valence-electron chi connectivity index (χ0n) is 11.4. The molecule has 2 aliphatic rings. The topological polar surface area (TPSA) is 23.6 Å². The second-order valence-electron chi connectivity index (χ2n) is 5.57. The van der Waals surface area contributed by atoms with Gasteiger partial charge >= 0.3 is 6.18 Å². The number of hydrogen-bond donors (Lipinski definition) is 1. The highest BCUT2D eigenvalue weighted by Crippen LogP contribution is 2.47. The molecule has 1 amide bonds. The van der Waals surface area contributed by atoms with Crippen LogP contribution in [0.2, 0.25) is 0 Å². The van der Waals surface area contributed by atoms with Crippen LogP contribution in [0.1, 0.15) is 24.8 Å². The molecule has 0 N–H and O–H groups in total. The van der Waals surface area contributed by atoms with Crippen LogP contribution in [0.15, 0.2) is 24.3 Å². The lowest BCUT2D eigenvalue weighted by Gasteiger charge is -2.41. The number of benzene rings is 1. The first-order valence-electron chi connectivity index (χ1n) is 6.69. The zero-order valence-corrected chi connectivity index (χ0v) is 12.3. The summed E-state index contributed by atoms with van der Waals surface area (Å²) >= 11 is 4.41. The van der Waals surface area contributed by atoms with E-state index in [1.54, 1.807) is 7.05 Å². The van der Waals surface area contributed by atoms with E-state index in [1.165, 1.54) is 17.0 Å². The first kappa shape index (κ1) is 14.7. The molecule has 1 saturated carbocycles. The molecule has 1 aromatic carbocycles.